The highest BCUT2D eigenvalue weighted by Crippen LogP contribution is 2.47. The number of halogens is 1. The lowest BCUT2D eigenvalue weighted by molar-refractivity contribution is -0.118. The van der Waals surface area contributed by atoms with E-state index in [1.54, 1.807) is 54.6 Å². The van der Waals surface area contributed by atoms with Gasteiger partial charge >= 0.3 is 0 Å². The molecule has 0 fully saturated rings. The second kappa shape index (κ2) is 11.3. The number of nitrogens with one attached hydrogen (secondary N) is 1. The summed E-state index contributed by atoms with van der Waals surface area (Å²) in [5.41, 5.74) is 1.57. The summed E-state index contributed by atoms with van der Waals surface area (Å²) in [4.78, 5) is 28.9. The number of furan rings is 1. The van der Waals surface area contributed by atoms with Crippen LogP contribution in [0.3, 0.4) is 0 Å². The first-order valence-corrected chi connectivity index (χ1v) is 13.6. The third-order valence-electron chi connectivity index (χ3n) is 7.74. The third kappa shape index (κ3) is 4.78. The van der Waals surface area contributed by atoms with E-state index in [1.807, 2.05) is 12.1 Å². The van der Waals surface area contributed by atoms with E-state index in [0.717, 1.165) is 5.56 Å². The fourth-order valence-electron chi connectivity index (χ4n) is 5.76. The van der Waals surface area contributed by atoms with Crippen LogP contribution in [0, 0.1) is 5.82 Å². The van der Waals surface area contributed by atoms with Crippen LogP contribution < -0.4 is 14.8 Å². The number of amides is 2. The summed E-state index contributed by atoms with van der Waals surface area (Å²) in [6, 6.07) is 18.9. The van der Waals surface area contributed by atoms with Crippen LogP contribution in [0.4, 0.5) is 4.39 Å². The van der Waals surface area contributed by atoms with E-state index in [9.17, 15) is 24.2 Å². The van der Waals surface area contributed by atoms with E-state index < -0.39 is 41.8 Å². The molecule has 0 bridgehead atoms. The summed E-state index contributed by atoms with van der Waals surface area (Å²) in [5.74, 6) is -1.33. The summed E-state index contributed by atoms with van der Waals surface area (Å²) >= 11 is 0. The SMILES string of the molecule is COc1cccc2cc(C(=O)N(Cc3ccccc3F)C3C=C(C(=O)NCCO)C4c5ccccc5OC4C3O)oc12. The number of ether oxygens (including phenoxy) is 2. The van der Waals surface area contributed by atoms with E-state index in [0.29, 0.717) is 22.5 Å². The van der Waals surface area contributed by atoms with Gasteiger partial charge in [0.15, 0.2) is 17.1 Å². The van der Waals surface area contributed by atoms with Crippen LogP contribution >= 0.6 is 0 Å². The zero-order valence-corrected chi connectivity index (χ0v) is 22.7. The Bertz CT molecular complexity index is 1680. The van der Waals surface area contributed by atoms with Gasteiger partial charge in [-0.15, -0.1) is 0 Å². The smallest absolute Gasteiger partial charge is 0.290 e. The monoisotopic (exact) mass is 572 g/mol. The summed E-state index contributed by atoms with van der Waals surface area (Å²) in [5, 5.41) is 24.4. The van der Waals surface area contributed by atoms with Crippen molar-refractivity contribution in [1.29, 1.82) is 0 Å². The molecule has 9 nitrogen and oxygen atoms in total. The average molecular weight is 573 g/mol. The van der Waals surface area contributed by atoms with Crippen molar-refractivity contribution in [1.82, 2.24) is 10.2 Å². The number of nitrogens with zero attached hydrogens (tertiary/aromatic N) is 1. The van der Waals surface area contributed by atoms with Gasteiger partial charge in [-0.2, -0.15) is 0 Å². The lowest BCUT2D eigenvalue weighted by Gasteiger charge is -2.40. The molecule has 10 heteroatoms. The first-order chi connectivity index (χ1) is 20.4. The summed E-state index contributed by atoms with van der Waals surface area (Å²) in [6.07, 6.45) is -0.656. The van der Waals surface area contributed by atoms with Crippen molar-refractivity contribution < 1.29 is 38.1 Å². The molecule has 42 heavy (non-hydrogen) atoms. The molecule has 1 aliphatic carbocycles. The summed E-state index contributed by atoms with van der Waals surface area (Å²) in [6.45, 7) is -0.477. The Morgan fingerprint density at radius 3 is 2.64 bits per heavy atom. The zero-order valence-electron chi connectivity index (χ0n) is 22.7. The van der Waals surface area contributed by atoms with Crippen LogP contribution in [0.5, 0.6) is 11.5 Å². The van der Waals surface area contributed by atoms with Crippen LogP contribution in [-0.2, 0) is 11.3 Å². The summed E-state index contributed by atoms with van der Waals surface area (Å²) < 4.78 is 32.4. The quantitative estimate of drug-likeness (QED) is 0.295. The molecule has 0 radical (unpaired) electrons. The summed E-state index contributed by atoms with van der Waals surface area (Å²) in [7, 11) is 1.49. The Morgan fingerprint density at radius 1 is 1.07 bits per heavy atom. The number of para-hydroxylation sites is 2. The standard InChI is InChI=1S/C32H29FN2O7/c1-40-25-12-6-8-18-15-26(42-29(18)25)32(39)35(17-19-7-2-4-10-22(19)33)23-16-21(31(38)34-13-14-36)27-20-9-3-5-11-24(20)41-30(27)28(23)37/h2-12,15-16,23,27-28,30,36-37H,13-14,17H2,1H3,(H,34,38). The number of carbonyl (C=O) groups excluding carboxylic acids is 2. The van der Waals surface area contributed by atoms with Crippen molar-refractivity contribution in [3.63, 3.8) is 0 Å². The molecule has 2 aliphatic rings. The molecule has 1 aromatic heterocycles. The number of aliphatic hydroxyl groups is 2. The molecule has 6 rings (SSSR count). The molecule has 2 heterocycles. The van der Waals surface area contributed by atoms with E-state index in [2.05, 4.69) is 5.32 Å². The Morgan fingerprint density at radius 2 is 1.86 bits per heavy atom. The number of carbonyl (C=O) groups is 2. The van der Waals surface area contributed by atoms with Gasteiger partial charge in [-0.1, -0.05) is 48.5 Å². The van der Waals surface area contributed by atoms with Gasteiger partial charge in [0, 0.05) is 35.2 Å². The Hall–Kier alpha value is -4.67. The molecule has 216 valence electrons. The van der Waals surface area contributed by atoms with Crippen molar-refractivity contribution in [2.24, 2.45) is 0 Å². The van der Waals surface area contributed by atoms with Gasteiger partial charge < -0.3 is 34.3 Å². The number of aliphatic hydroxyl groups excluding tert-OH is 2. The topological polar surface area (TPSA) is 121 Å². The van der Waals surface area contributed by atoms with Gasteiger partial charge in [0.25, 0.3) is 5.91 Å². The second-order valence-electron chi connectivity index (χ2n) is 10.2. The van der Waals surface area contributed by atoms with Crippen molar-refractivity contribution in [2.75, 3.05) is 20.3 Å². The Balaban J connectivity index is 1.46. The van der Waals surface area contributed by atoms with Crippen LogP contribution in [-0.4, -0.2) is 65.4 Å². The molecule has 0 saturated carbocycles. The molecule has 3 N–H and O–H groups in total. The minimum absolute atomic E-state index is 0.0158. The van der Waals surface area contributed by atoms with E-state index in [1.165, 1.54) is 24.2 Å². The first kappa shape index (κ1) is 27.5. The highest BCUT2D eigenvalue weighted by molar-refractivity contribution is 5.99. The highest BCUT2D eigenvalue weighted by Gasteiger charge is 2.50. The molecule has 0 spiro atoms. The van der Waals surface area contributed by atoms with Crippen molar-refractivity contribution in [3.05, 3.63) is 107 Å². The van der Waals surface area contributed by atoms with Crippen LogP contribution in [0.1, 0.15) is 27.6 Å². The molecule has 4 aromatic rings. The number of hydrogen-bond acceptors (Lipinski definition) is 7. The van der Waals surface area contributed by atoms with Gasteiger partial charge in [-0.25, -0.2) is 4.39 Å². The lowest BCUT2D eigenvalue weighted by atomic mass is 9.77. The molecular weight excluding hydrogens is 543 g/mol. The van der Waals surface area contributed by atoms with Gasteiger partial charge in [-0.05, 0) is 30.3 Å². The minimum Gasteiger partial charge on any atom is -0.493 e. The average Bonchev–Trinajstić information content (AvgIpc) is 3.62. The van der Waals surface area contributed by atoms with Crippen molar-refractivity contribution in [3.8, 4) is 11.5 Å². The maximum absolute atomic E-state index is 14.9. The molecule has 3 aromatic carbocycles. The van der Waals surface area contributed by atoms with Gasteiger partial charge in [0.1, 0.15) is 23.8 Å². The molecule has 4 atom stereocenters. The highest BCUT2D eigenvalue weighted by atomic mass is 19.1. The normalized spacial score (nSPS) is 20.7. The second-order valence-corrected chi connectivity index (χ2v) is 10.2. The fourth-order valence-corrected chi connectivity index (χ4v) is 5.76. The molecular formula is C32H29FN2O7. The van der Waals surface area contributed by atoms with E-state index in [-0.39, 0.29) is 36.6 Å². The van der Waals surface area contributed by atoms with Gasteiger partial charge in [0.05, 0.1) is 25.7 Å². The van der Waals surface area contributed by atoms with E-state index in [4.69, 9.17) is 13.9 Å². The fraction of sp³-hybridized carbons (Fsp3) is 0.250. The van der Waals surface area contributed by atoms with Gasteiger partial charge in [-0.3, -0.25) is 9.59 Å². The predicted molar refractivity (Wildman–Crippen MR) is 151 cm³/mol. The van der Waals surface area contributed by atoms with Crippen LogP contribution in [0.15, 0.2) is 88.9 Å². The number of hydrogen-bond donors (Lipinski definition) is 3. The third-order valence-corrected chi connectivity index (χ3v) is 7.74. The first-order valence-electron chi connectivity index (χ1n) is 13.6. The zero-order chi connectivity index (χ0) is 29.4. The number of methoxy groups -OCH3 is 1. The van der Waals surface area contributed by atoms with Crippen molar-refractivity contribution in [2.45, 2.75) is 30.7 Å². The minimum atomic E-state index is -1.29. The predicted octanol–water partition coefficient (Wildman–Crippen LogP) is 3.55. The molecule has 4 unspecified atom stereocenters. The molecule has 1 aliphatic heterocycles. The largest absolute Gasteiger partial charge is 0.493 e. The Kier molecular flexibility index (Phi) is 7.40. The van der Waals surface area contributed by atoms with Crippen molar-refractivity contribution >= 4 is 22.8 Å². The van der Waals surface area contributed by atoms with Crippen LogP contribution in [0.25, 0.3) is 11.0 Å². The lowest BCUT2D eigenvalue weighted by Crippen LogP contribution is -2.55. The maximum Gasteiger partial charge on any atom is 0.290 e. The molecule has 0 saturated heterocycles. The molecule has 2 amide bonds. The number of rotatable bonds is 8. The maximum atomic E-state index is 14.9. The van der Waals surface area contributed by atoms with Crippen LogP contribution in [0.2, 0.25) is 0 Å². The van der Waals surface area contributed by atoms with Gasteiger partial charge in [0.2, 0.25) is 5.91 Å². The number of benzene rings is 3. The van der Waals surface area contributed by atoms with E-state index >= 15 is 0 Å². The Labute approximate surface area is 240 Å². The number of fused-ring (bicyclic) bond motifs is 4.